The second-order valence-corrected chi connectivity index (χ2v) is 7.65. The molecule has 0 aliphatic carbocycles. The lowest BCUT2D eigenvalue weighted by molar-refractivity contribution is 0.588. The van der Waals surface area contributed by atoms with E-state index in [-0.39, 0.29) is 0 Å². The smallest absolute Gasteiger partial charge is 0.247 e. The summed E-state index contributed by atoms with van der Waals surface area (Å²) in [6.45, 7) is 0. The van der Waals surface area contributed by atoms with E-state index in [2.05, 4.69) is 4.76 Å². The average molecular weight is 319 g/mol. The third-order valence-corrected chi connectivity index (χ3v) is 6.11. The van der Waals surface area contributed by atoms with Crippen molar-refractivity contribution in [2.45, 2.75) is 6.42 Å². The van der Waals surface area contributed by atoms with Gasteiger partial charge >= 0.3 is 0 Å². The van der Waals surface area contributed by atoms with E-state index >= 15 is 0 Å². The van der Waals surface area contributed by atoms with Crippen LogP contribution in [0.2, 0.25) is 0 Å². The third kappa shape index (κ3) is 3.67. The van der Waals surface area contributed by atoms with Crippen LogP contribution < -0.4 is 10.6 Å². The van der Waals surface area contributed by atoms with Crippen LogP contribution in [0.3, 0.4) is 0 Å². The van der Waals surface area contributed by atoms with Crippen molar-refractivity contribution in [1.82, 2.24) is 0 Å². The Morgan fingerprint density at radius 1 is 0.696 bits per heavy atom. The van der Waals surface area contributed by atoms with Gasteiger partial charge < -0.3 is 0 Å². The molecule has 0 fully saturated rings. The number of hydrogen-bond donors (Lipinski definition) is 0. The Balaban J connectivity index is 1.95. The van der Waals surface area contributed by atoms with Crippen LogP contribution in [0, 0.1) is 0 Å². The van der Waals surface area contributed by atoms with Gasteiger partial charge in [-0.3, -0.25) is 4.57 Å². The van der Waals surface area contributed by atoms with Gasteiger partial charge in [0.2, 0.25) is 7.29 Å². The van der Waals surface area contributed by atoms with Gasteiger partial charge in [0.05, 0.1) is 0 Å². The van der Waals surface area contributed by atoms with E-state index in [1.54, 1.807) is 6.21 Å². The molecule has 0 saturated heterocycles. The van der Waals surface area contributed by atoms with Gasteiger partial charge in [0.1, 0.15) is 0 Å². The Morgan fingerprint density at radius 2 is 1.13 bits per heavy atom. The van der Waals surface area contributed by atoms with Crippen LogP contribution in [-0.4, -0.2) is 6.21 Å². The molecule has 3 heteroatoms. The first-order chi connectivity index (χ1) is 11.3. The minimum Gasteiger partial charge on any atom is -0.288 e. The molecule has 0 aliphatic rings. The fourth-order valence-electron chi connectivity index (χ4n) is 2.42. The SMILES string of the molecule is O=P(/N=C\Cc1ccccc1)(c1ccccc1)c1ccccc1. The van der Waals surface area contributed by atoms with E-state index in [9.17, 15) is 4.57 Å². The van der Waals surface area contributed by atoms with Crippen molar-refractivity contribution in [3.63, 3.8) is 0 Å². The molecular weight excluding hydrogens is 301 g/mol. The molecule has 23 heavy (non-hydrogen) atoms. The van der Waals surface area contributed by atoms with Crippen molar-refractivity contribution in [3.05, 3.63) is 96.6 Å². The van der Waals surface area contributed by atoms with E-state index < -0.39 is 7.29 Å². The predicted molar refractivity (Wildman–Crippen MR) is 98.4 cm³/mol. The van der Waals surface area contributed by atoms with Gasteiger partial charge in [-0.25, -0.2) is 4.76 Å². The van der Waals surface area contributed by atoms with Crippen LogP contribution in [-0.2, 0) is 11.0 Å². The van der Waals surface area contributed by atoms with Crippen LogP contribution in [0.4, 0.5) is 0 Å². The summed E-state index contributed by atoms with van der Waals surface area (Å²) in [7, 11) is -2.99. The topological polar surface area (TPSA) is 29.4 Å². The second-order valence-electron chi connectivity index (χ2n) is 5.23. The van der Waals surface area contributed by atoms with E-state index in [0.29, 0.717) is 6.42 Å². The van der Waals surface area contributed by atoms with Crippen molar-refractivity contribution < 1.29 is 4.57 Å². The highest BCUT2D eigenvalue weighted by molar-refractivity contribution is 7.77. The highest BCUT2D eigenvalue weighted by atomic mass is 31.2. The fourth-order valence-corrected chi connectivity index (χ4v) is 4.45. The largest absolute Gasteiger partial charge is 0.288 e. The lowest BCUT2D eigenvalue weighted by Gasteiger charge is -2.14. The zero-order chi connectivity index (χ0) is 16.0. The second kappa shape index (κ2) is 7.21. The number of nitrogens with zero attached hydrogens (tertiary/aromatic N) is 1. The van der Waals surface area contributed by atoms with Crippen LogP contribution in [0.5, 0.6) is 0 Å². The van der Waals surface area contributed by atoms with Crippen LogP contribution in [0.15, 0.2) is 95.8 Å². The van der Waals surface area contributed by atoms with Crippen LogP contribution in [0.1, 0.15) is 5.56 Å². The molecule has 3 rings (SSSR count). The summed E-state index contributed by atoms with van der Waals surface area (Å²) in [6, 6.07) is 29.0. The standard InChI is InChI=1S/C20H18NOP/c22-23(19-12-6-2-7-13-19,20-14-8-3-9-15-20)21-17-16-18-10-4-1-5-11-18/h1-15,17H,16H2/b21-17-. The molecule has 0 aromatic heterocycles. The van der Waals surface area contributed by atoms with Gasteiger partial charge in [-0.1, -0.05) is 66.7 Å². The number of rotatable bonds is 5. The summed E-state index contributed by atoms with van der Waals surface area (Å²) in [5, 5.41) is 1.52. The first kappa shape index (κ1) is 15.5. The summed E-state index contributed by atoms with van der Waals surface area (Å²) >= 11 is 0. The molecule has 0 unspecified atom stereocenters. The number of hydrogen-bond acceptors (Lipinski definition) is 1. The summed E-state index contributed by atoms with van der Waals surface area (Å²) in [5.74, 6) is 0. The fraction of sp³-hybridized carbons (Fsp3) is 0.0500. The Hall–Kier alpha value is -2.44. The van der Waals surface area contributed by atoms with E-state index in [4.69, 9.17) is 0 Å². The average Bonchev–Trinajstić information content (AvgIpc) is 2.64. The van der Waals surface area contributed by atoms with Crippen molar-refractivity contribution in [3.8, 4) is 0 Å². The molecule has 0 spiro atoms. The van der Waals surface area contributed by atoms with Crippen molar-refractivity contribution >= 4 is 24.1 Å². The minimum atomic E-state index is -2.99. The summed E-state index contributed by atoms with van der Waals surface area (Å²) in [4.78, 5) is 0. The molecule has 0 amide bonds. The molecule has 0 saturated carbocycles. The predicted octanol–water partition coefficient (Wildman–Crippen LogP) is 4.23. The Kier molecular flexibility index (Phi) is 4.85. The first-order valence-electron chi connectivity index (χ1n) is 7.58. The summed E-state index contributed by atoms with van der Waals surface area (Å²) < 4.78 is 18.1. The van der Waals surface area contributed by atoms with Gasteiger partial charge in [0, 0.05) is 23.2 Å². The maximum Gasteiger partial charge on any atom is 0.247 e. The molecule has 0 heterocycles. The zero-order valence-corrected chi connectivity index (χ0v) is 13.6. The lowest BCUT2D eigenvalue weighted by atomic mass is 10.2. The quantitative estimate of drug-likeness (QED) is 0.511. The molecule has 0 atom stereocenters. The van der Waals surface area contributed by atoms with Crippen molar-refractivity contribution in [1.29, 1.82) is 0 Å². The normalized spacial score (nSPS) is 11.7. The zero-order valence-electron chi connectivity index (χ0n) is 12.7. The molecule has 0 N–H and O–H groups in total. The van der Waals surface area contributed by atoms with Gasteiger partial charge in [-0.05, 0) is 29.8 Å². The Bertz CT molecular complexity index is 771. The van der Waals surface area contributed by atoms with E-state index in [1.807, 2.05) is 91.0 Å². The Labute approximate surface area is 137 Å². The molecule has 0 aliphatic heterocycles. The molecule has 3 aromatic carbocycles. The van der Waals surface area contributed by atoms with Crippen LogP contribution >= 0.6 is 7.29 Å². The summed E-state index contributed by atoms with van der Waals surface area (Å²) in [5.41, 5.74) is 1.16. The highest BCUT2D eigenvalue weighted by Crippen LogP contribution is 2.44. The van der Waals surface area contributed by atoms with E-state index in [0.717, 1.165) is 16.2 Å². The van der Waals surface area contributed by atoms with Gasteiger partial charge in [0.15, 0.2) is 0 Å². The van der Waals surface area contributed by atoms with Gasteiger partial charge in [0.25, 0.3) is 0 Å². The maximum absolute atomic E-state index is 13.6. The molecule has 114 valence electrons. The van der Waals surface area contributed by atoms with Crippen molar-refractivity contribution in [2.75, 3.05) is 0 Å². The summed E-state index contributed by atoms with van der Waals surface area (Å²) in [6.07, 6.45) is 2.45. The third-order valence-electron chi connectivity index (χ3n) is 3.63. The molecule has 0 radical (unpaired) electrons. The number of benzene rings is 3. The first-order valence-corrected chi connectivity index (χ1v) is 9.24. The molecular formula is C20H18NOP. The minimum absolute atomic E-state index is 0.671. The van der Waals surface area contributed by atoms with Gasteiger partial charge in [-0.2, -0.15) is 0 Å². The molecule has 3 aromatic rings. The molecule has 2 nitrogen and oxygen atoms in total. The molecule has 0 bridgehead atoms. The van der Waals surface area contributed by atoms with Crippen molar-refractivity contribution in [2.24, 2.45) is 4.76 Å². The van der Waals surface area contributed by atoms with E-state index in [1.165, 1.54) is 0 Å². The van der Waals surface area contributed by atoms with Crippen LogP contribution in [0.25, 0.3) is 0 Å². The Morgan fingerprint density at radius 3 is 1.61 bits per heavy atom. The van der Waals surface area contributed by atoms with Gasteiger partial charge in [-0.15, -0.1) is 0 Å². The highest BCUT2D eigenvalue weighted by Gasteiger charge is 2.25. The lowest BCUT2D eigenvalue weighted by Crippen LogP contribution is -2.14. The maximum atomic E-state index is 13.6. The monoisotopic (exact) mass is 319 g/mol.